The second-order valence-corrected chi connectivity index (χ2v) is 6.83. The van der Waals surface area contributed by atoms with Gasteiger partial charge in [-0.3, -0.25) is 9.69 Å². The van der Waals surface area contributed by atoms with Gasteiger partial charge in [0.05, 0.1) is 5.56 Å². The lowest BCUT2D eigenvalue weighted by Crippen LogP contribution is -2.47. The molecule has 0 bridgehead atoms. The van der Waals surface area contributed by atoms with Crippen LogP contribution < -0.4 is 10.2 Å². The molecule has 1 fully saturated rings. The molecule has 0 unspecified atom stereocenters. The maximum atomic E-state index is 13.7. The summed E-state index contributed by atoms with van der Waals surface area (Å²) in [7, 11) is 0. The standard InChI is InChI=1S/C20H23ClFN3O/c21-16-7-8-19(22)18(15-16)20(26)23-9-4-10-24-11-13-25(14-12-24)17-5-2-1-3-6-17/h1-3,5-8,15H,4,9-14H2,(H,23,26). The van der Waals surface area contributed by atoms with Crippen molar-refractivity contribution in [1.82, 2.24) is 10.2 Å². The molecule has 0 spiro atoms. The summed E-state index contributed by atoms with van der Waals surface area (Å²) in [5.74, 6) is -0.970. The Labute approximate surface area is 158 Å². The topological polar surface area (TPSA) is 35.6 Å². The van der Waals surface area contributed by atoms with Gasteiger partial charge < -0.3 is 10.2 Å². The molecule has 0 atom stereocenters. The molecular formula is C20H23ClFN3O. The summed E-state index contributed by atoms with van der Waals surface area (Å²) < 4.78 is 13.7. The maximum Gasteiger partial charge on any atom is 0.254 e. The Balaban J connectivity index is 1.37. The van der Waals surface area contributed by atoms with E-state index in [9.17, 15) is 9.18 Å². The van der Waals surface area contributed by atoms with Gasteiger partial charge in [0, 0.05) is 43.4 Å². The summed E-state index contributed by atoms with van der Waals surface area (Å²) in [5, 5.41) is 3.12. The zero-order valence-electron chi connectivity index (χ0n) is 14.6. The molecule has 1 heterocycles. The third kappa shape index (κ3) is 4.96. The molecule has 1 saturated heterocycles. The highest BCUT2D eigenvalue weighted by Gasteiger charge is 2.17. The minimum absolute atomic E-state index is 0.00558. The molecule has 6 heteroatoms. The monoisotopic (exact) mass is 375 g/mol. The van der Waals surface area contributed by atoms with Crippen LogP contribution in [0.3, 0.4) is 0 Å². The fourth-order valence-corrected chi connectivity index (χ4v) is 3.31. The first-order chi connectivity index (χ1) is 12.6. The number of benzene rings is 2. The Hall–Kier alpha value is -2.11. The number of halogens is 2. The number of para-hydroxylation sites is 1. The fourth-order valence-electron chi connectivity index (χ4n) is 3.14. The highest BCUT2D eigenvalue weighted by atomic mass is 35.5. The molecule has 2 aromatic carbocycles. The first-order valence-corrected chi connectivity index (χ1v) is 9.27. The minimum atomic E-state index is -0.552. The van der Waals surface area contributed by atoms with E-state index in [1.165, 1.54) is 23.9 Å². The van der Waals surface area contributed by atoms with E-state index in [-0.39, 0.29) is 5.56 Å². The van der Waals surface area contributed by atoms with Gasteiger partial charge in [-0.05, 0) is 43.3 Å². The lowest BCUT2D eigenvalue weighted by molar-refractivity contribution is 0.0947. The number of amides is 1. The number of carbonyl (C=O) groups is 1. The molecule has 0 aromatic heterocycles. The summed E-state index contributed by atoms with van der Waals surface area (Å²) in [4.78, 5) is 16.8. The Bertz CT molecular complexity index is 733. The van der Waals surface area contributed by atoms with Gasteiger partial charge in [0.15, 0.2) is 0 Å². The Morgan fingerprint density at radius 2 is 1.81 bits per heavy atom. The van der Waals surface area contributed by atoms with Crippen LogP contribution in [-0.4, -0.2) is 50.1 Å². The predicted molar refractivity (Wildman–Crippen MR) is 103 cm³/mol. The molecule has 1 aliphatic heterocycles. The van der Waals surface area contributed by atoms with Crippen molar-refractivity contribution in [3.8, 4) is 0 Å². The number of anilines is 1. The molecule has 3 rings (SSSR count). The third-order valence-electron chi connectivity index (χ3n) is 4.60. The van der Waals surface area contributed by atoms with Gasteiger partial charge in [-0.2, -0.15) is 0 Å². The molecule has 1 amide bonds. The SMILES string of the molecule is O=C(NCCCN1CCN(c2ccccc2)CC1)c1cc(Cl)ccc1F. The Morgan fingerprint density at radius 1 is 1.08 bits per heavy atom. The van der Waals surface area contributed by atoms with Gasteiger partial charge in [-0.25, -0.2) is 4.39 Å². The van der Waals surface area contributed by atoms with Crippen LogP contribution in [0.2, 0.25) is 5.02 Å². The number of carbonyl (C=O) groups excluding carboxylic acids is 1. The van der Waals surface area contributed by atoms with Gasteiger partial charge in [0.1, 0.15) is 5.82 Å². The molecular weight excluding hydrogens is 353 g/mol. The number of piperazine rings is 1. The summed E-state index contributed by atoms with van der Waals surface area (Å²) in [6, 6.07) is 14.4. The molecule has 26 heavy (non-hydrogen) atoms. The molecule has 2 aromatic rings. The summed E-state index contributed by atoms with van der Waals surface area (Å²) in [5.41, 5.74) is 1.26. The average molecular weight is 376 g/mol. The quantitative estimate of drug-likeness (QED) is 0.786. The maximum absolute atomic E-state index is 13.7. The van der Waals surface area contributed by atoms with Gasteiger partial charge in [-0.15, -0.1) is 0 Å². The Kier molecular flexibility index (Phi) is 6.47. The van der Waals surface area contributed by atoms with E-state index >= 15 is 0 Å². The predicted octanol–water partition coefficient (Wildman–Crippen LogP) is 3.42. The molecule has 0 saturated carbocycles. The summed E-state index contributed by atoms with van der Waals surface area (Å²) in [6.45, 7) is 5.45. The molecule has 1 N–H and O–H groups in total. The zero-order chi connectivity index (χ0) is 18.4. The van der Waals surface area contributed by atoms with E-state index in [4.69, 9.17) is 11.6 Å². The third-order valence-corrected chi connectivity index (χ3v) is 4.84. The highest BCUT2D eigenvalue weighted by Crippen LogP contribution is 2.16. The van der Waals surface area contributed by atoms with Crippen LogP contribution in [-0.2, 0) is 0 Å². The van der Waals surface area contributed by atoms with Crippen LogP contribution in [0.1, 0.15) is 16.8 Å². The van der Waals surface area contributed by atoms with Crippen molar-refractivity contribution in [2.24, 2.45) is 0 Å². The van der Waals surface area contributed by atoms with Crippen molar-refractivity contribution in [3.63, 3.8) is 0 Å². The molecule has 0 aliphatic carbocycles. The highest BCUT2D eigenvalue weighted by molar-refractivity contribution is 6.31. The van der Waals surface area contributed by atoms with Crippen molar-refractivity contribution in [1.29, 1.82) is 0 Å². The first kappa shape index (κ1) is 18.7. The summed E-state index contributed by atoms with van der Waals surface area (Å²) >= 11 is 5.82. The normalized spacial score (nSPS) is 15.1. The van der Waals surface area contributed by atoms with Crippen molar-refractivity contribution < 1.29 is 9.18 Å². The largest absolute Gasteiger partial charge is 0.369 e. The molecule has 1 aliphatic rings. The van der Waals surface area contributed by atoms with Crippen molar-refractivity contribution in [2.45, 2.75) is 6.42 Å². The van der Waals surface area contributed by atoms with Gasteiger partial charge in [0.25, 0.3) is 5.91 Å². The van der Waals surface area contributed by atoms with Crippen LogP contribution in [0.5, 0.6) is 0 Å². The van der Waals surface area contributed by atoms with Crippen LogP contribution in [0.4, 0.5) is 10.1 Å². The fraction of sp³-hybridized carbons (Fsp3) is 0.350. The molecule has 0 radical (unpaired) electrons. The lowest BCUT2D eigenvalue weighted by Gasteiger charge is -2.36. The Morgan fingerprint density at radius 3 is 2.54 bits per heavy atom. The zero-order valence-corrected chi connectivity index (χ0v) is 15.4. The van der Waals surface area contributed by atoms with E-state index in [1.807, 2.05) is 6.07 Å². The van der Waals surface area contributed by atoms with E-state index in [0.717, 1.165) is 39.1 Å². The second-order valence-electron chi connectivity index (χ2n) is 6.40. The first-order valence-electron chi connectivity index (χ1n) is 8.89. The van der Waals surface area contributed by atoms with Gasteiger partial charge >= 0.3 is 0 Å². The average Bonchev–Trinajstić information content (AvgIpc) is 2.68. The van der Waals surface area contributed by atoms with Crippen molar-refractivity contribution >= 4 is 23.2 Å². The van der Waals surface area contributed by atoms with Crippen LogP contribution >= 0.6 is 11.6 Å². The minimum Gasteiger partial charge on any atom is -0.369 e. The van der Waals surface area contributed by atoms with E-state index < -0.39 is 11.7 Å². The second kappa shape index (κ2) is 9.01. The summed E-state index contributed by atoms with van der Waals surface area (Å²) in [6.07, 6.45) is 0.833. The van der Waals surface area contributed by atoms with Crippen LogP contribution in [0, 0.1) is 5.82 Å². The smallest absolute Gasteiger partial charge is 0.254 e. The number of nitrogens with one attached hydrogen (secondary N) is 1. The lowest BCUT2D eigenvalue weighted by atomic mass is 10.2. The van der Waals surface area contributed by atoms with E-state index in [2.05, 4.69) is 39.4 Å². The van der Waals surface area contributed by atoms with Crippen molar-refractivity contribution in [2.75, 3.05) is 44.2 Å². The number of hydrogen-bond donors (Lipinski definition) is 1. The molecule has 138 valence electrons. The van der Waals surface area contributed by atoms with E-state index in [1.54, 1.807) is 0 Å². The van der Waals surface area contributed by atoms with E-state index in [0.29, 0.717) is 11.6 Å². The van der Waals surface area contributed by atoms with Crippen molar-refractivity contribution in [3.05, 3.63) is 64.9 Å². The van der Waals surface area contributed by atoms with Gasteiger partial charge in [-0.1, -0.05) is 29.8 Å². The molecule has 4 nitrogen and oxygen atoms in total. The number of rotatable bonds is 6. The number of nitrogens with zero attached hydrogens (tertiary/aromatic N) is 2. The number of hydrogen-bond acceptors (Lipinski definition) is 3. The van der Waals surface area contributed by atoms with Crippen LogP contribution in [0.15, 0.2) is 48.5 Å². The van der Waals surface area contributed by atoms with Crippen LogP contribution in [0.25, 0.3) is 0 Å². The van der Waals surface area contributed by atoms with Gasteiger partial charge in [0.2, 0.25) is 0 Å².